The molecule has 20 heavy (non-hydrogen) atoms. The van der Waals surface area contributed by atoms with Crippen molar-refractivity contribution in [2.45, 2.75) is 0 Å². The summed E-state index contributed by atoms with van der Waals surface area (Å²) >= 11 is 11.7. The lowest BCUT2D eigenvalue weighted by Gasteiger charge is -2.05. The van der Waals surface area contributed by atoms with E-state index < -0.39 is 0 Å². The smallest absolute Gasteiger partial charge is 0.238 e. The first-order valence-electron chi connectivity index (χ1n) is 5.69. The van der Waals surface area contributed by atoms with Crippen LogP contribution in [0.5, 0.6) is 11.6 Å². The molecule has 0 aliphatic heterocycles. The number of nitrogens with zero attached hydrogens (tertiary/aromatic N) is 4. The zero-order valence-corrected chi connectivity index (χ0v) is 11.6. The van der Waals surface area contributed by atoms with Gasteiger partial charge in [-0.15, -0.1) is 10.2 Å². The summed E-state index contributed by atoms with van der Waals surface area (Å²) in [5.74, 6) is 1.51. The van der Waals surface area contributed by atoms with Crippen molar-refractivity contribution in [1.82, 2.24) is 20.0 Å². The highest BCUT2D eigenvalue weighted by molar-refractivity contribution is 6.42. The number of rotatable bonds is 3. The van der Waals surface area contributed by atoms with Crippen molar-refractivity contribution in [2.24, 2.45) is 0 Å². The zero-order chi connectivity index (χ0) is 13.9. The van der Waals surface area contributed by atoms with E-state index in [1.807, 2.05) is 6.07 Å². The first-order valence-corrected chi connectivity index (χ1v) is 6.44. The summed E-state index contributed by atoms with van der Waals surface area (Å²) in [6.45, 7) is 0. The molecule has 7 heteroatoms. The standard InChI is InChI=1S/C13H8Cl2N4O/c14-10-3-2-9(8-11(10)15)20-13-5-4-12(17-18-13)19-7-1-6-16-19/h1-8H. The molecule has 0 fully saturated rings. The maximum absolute atomic E-state index is 5.91. The van der Waals surface area contributed by atoms with Gasteiger partial charge in [0.2, 0.25) is 5.88 Å². The fraction of sp³-hybridized carbons (Fsp3) is 0. The van der Waals surface area contributed by atoms with E-state index in [1.165, 1.54) is 0 Å². The molecule has 2 heterocycles. The van der Waals surface area contributed by atoms with Gasteiger partial charge in [0.05, 0.1) is 10.0 Å². The van der Waals surface area contributed by atoms with Gasteiger partial charge in [-0.3, -0.25) is 0 Å². The van der Waals surface area contributed by atoms with Crippen molar-refractivity contribution in [1.29, 1.82) is 0 Å². The lowest BCUT2D eigenvalue weighted by atomic mass is 10.3. The predicted octanol–water partition coefficient (Wildman–Crippen LogP) is 3.76. The van der Waals surface area contributed by atoms with Crippen LogP contribution >= 0.6 is 23.2 Å². The van der Waals surface area contributed by atoms with Gasteiger partial charge in [0.25, 0.3) is 0 Å². The molecule has 0 aliphatic carbocycles. The van der Waals surface area contributed by atoms with E-state index in [-0.39, 0.29) is 0 Å². The van der Waals surface area contributed by atoms with Gasteiger partial charge in [0, 0.05) is 24.5 Å². The van der Waals surface area contributed by atoms with Crippen molar-refractivity contribution in [3.63, 3.8) is 0 Å². The van der Waals surface area contributed by atoms with Gasteiger partial charge in [-0.2, -0.15) is 5.10 Å². The van der Waals surface area contributed by atoms with E-state index in [0.717, 1.165) is 0 Å². The van der Waals surface area contributed by atoms with Gasteiger partial charge < -0.3 is 4.74 Å². The number of benzene rings is 1. The zero-order valence-electron chi connectivity index (χ0n) is 10.1. The van der Waals surface area contributed by atoms with Crippen LogP contribution in [0.3, 0.4) is 0 Å². The molecule has 0 bridgehead atoms. The third-order valence-electron chi connectivity index (χ3n) is 2.48. The van der Waals surface area contributed by atoms with E-state index in [1.54, 1.807) is 47.4 Å². The highest BCUT2D eigenvalue weighted by atomic mass is 35.5. The molecule has 1 aromatic carbocycles. The molecular formula is C13H8Cl2N4O. The Balaban J connectivity index is 1.79. The molecule has 0 saturated carbocycles. The number of hydrogen-bond donors (Lipinski definition) is 0. The van der Waals surface area contributed by atoms with E-state index in [4.69, 9.17) is 27.9 Å². The first kappa shape index (κ1) is 12.9. The fourth-order valence-corrected chi connectivity index (χ4v) is 1.84. The third kappa shape index (κ3) is 2.74. The van der Waals surface area contributed by atoms with Crippen molar-refractivity contribution in [2.75, 3.05) is 0 Å². The Kier molecular flexibility index (Phi) is 3.54. The van der Waals surface area contributed by atoms with Crippen LogP contribution in [0, 0.1) is 0 Å². The van der Waals surface area contributed by atoms with Crippen molar-refractivity contribution < 1.29 is 4.74 Å². The van der Waals surface area contributed by atoms with Gasteiger partial charge >= 0.3 is 0 Å². The minimum absolute atomic E-state index is 0.360. The Bertz CT molecular complexity index is 714. The maximum Gasteiger partial charge on any atom is 0.238 e. The molecule has 100 valence electrons. The molecule has 5 nitrogen and oxygen atoms in total. The van der Waals surface area contributed by atoms with E-state index in [2.05, 4.69) is 15.3 Å². The van der Waals surface area contributed by atoms with Crippen molar-refractivity contribution in [3.8, 4) is 17.4 Å². The summed E-state index contributed by atoms with van der Waals surface area (Å²) in [5, 5.41) is 13.0. The van der Waals surface area contributed by atoms with Gasteiger partial charge in [0.1, 0.15) is 5.75 Å². The van der Waals surface area contributed by atoms with Gasteiger partial charge in [-0.25, -0.2) is 4.68 Å². The molecule has 0 aliphatic rings. The van der Waals surface area contributed by atoms with E-state index >= 15 is 0 Å². The number of hydrogen-bond acceptors (Lipinski definition) is 4. The van der Waals surface area contributed by atoms with E-state index in [0.29, 0.717) is 27.5 Å². The highest BCUT2D eigenvalue weighted by Crippen LogP contribution is 2.28. The summed E-state index contributed by atoms with van der Waals surface area (Å²) in [6.07, 6.45) is 3.45. The molecule has 3 aromatic rings. The lowest BCUT2D eigenvalue weighted by molar-refractivity contribution is 0.454. The Labute approximate surface area is 124 Å². The molecule has 0 spiro atoms. The largest absolute Gasteiger partial charge is 0.437 e. The van der Waals surface area contributed by atoms with Crippen LogP contribution in [0.4, 0.5) is 0 Å². The van der Waals surface area contributed by atoms with Crippen LogP contribution in [0.15, 0.2) is 48.8 Å². The minimum Gasteiger partial charge on any atom is -0.437 e. The monoisotopic (exact) mass is 306 g/mol. The SMILES string of the molecule is Clc1ccc(Oc2ccc(-n3cccn3)nn2)cc1Cl. The molecule has 3 rings (SSSR count). The number of ether oxygens (including phenoxy) is 1. The highest BCUT2D eigenvalue weighted by Gasteiger charge is 2.04. The Morgan fingerprint density at radius 1 is 1.00 bits per heavy atom. The minimum atomic E-state index is 0.360. The van der Waals surface area contributed by atoms with Crippen LogP contribution in [0.2, 0.25) is 10.0 Å². The molecule has 0 radical (unpaired) electrons. The van der Waals surface area contributed by atoms with Gasteiger partial charge in [-0.1, -0.05) is 23.2 Å². The van der Waals surface area contributed by atoms with Crippen LogP contribution in [-0.4, -0.2) is 20.0 Å². The summed E-state index contributed by atoms with van der Waals surface area (Å²) in [7, 11) is 0. The average Bonchev–Trinajstić information content (AvgIpc) is 2.98. The second-order valence-corrected chi connectivity index (χ2v) is 4.67. The second kappa shape index (κ2) is 5.48. The molecule has 0 saturated heterocycles. The normalized spacial score (nSPS) is 10.5. The summed E-state index contributed by atoms with van der Waals surface area (Å²) in [4.78, 5) is 0. The molecule has 0 N–H and O–H groups in total. The Morgan fingerprint density at radius 2 is 1.90 bits per heavy atom. The molecule has 0 unspecified atom stereocenters. The van der Waals surface area contributed by atoms with E-state index in [9.17, 15) is 0 Å². The number of aromatic nitrogens is 4. The van der Waals surface area contributed by atoms with Crippen LogP contribution < -0.4 is 4.74 Å². The topological polar surface area (TPSA) is 52.8 Å². The van der Waals surface area contributed by atoms with Crippen molar-refractivity contribution in [3.05, 3.63) is 58.8 Å². The third-order valence-corrected chi connectivity index (χ3v) is 3.22. The van der Waals surface area contributed by atoms with Crippen molar-refractivity contribution >= 4 is 23.2 Å². The van der Waals surface area contributed by atoms with Gasteiger partial charge in [0.15, 0.2) is 5.82 Å². The summed E-state index contributed by atoms with van der Waals surface area (Å²) < 4.78 is 7.15. The number of halogens is 2. The Hall–Kier alpha value is -2.11. The fourth-order valence-electron chi connectivity index (χ4n) is 1.56. The molecule has 0 atom stereocenters. The maximum atomic E-state index is 5.91. The van der Waals surface area contributed by atoms with Crippen LogP contribution in [-0.2, 0) is 0 Å². The predicted molar refractivity (Wildman–Crippen MR) is 75.7 cm³/mol. The average molecular weight is 307 g/mol. The van der Waals surface area contributed by atoms with Gasteiger partial charge in [-0.05, 0) is 24.3 Å². The quantitative estimate of drug-likeness (QED) is 0.739. The summed E-state index contributed by atoms with van der Waals surface area (Å²) in [6, 6.07) is 10.2. The Morgan fingerprint density at radius 3 is 2.55 bits per heavy atom. The van der Waals surface area contributed by atoms with Crippen LogP contribution in [0.1, 0.15) is 0 Å². The molecule has 0 amide bonds. The summed E-state index contributed by atoms with van der Waals surface area (Å²) in [5.41, 5.74) is 0. The second-order valence-electron chi connectivity index (χ2n) is 3.86. The molecular weight excluding hydrogens is 299 g/mol. The van der Waals surface area contributed by atoms with Crippen LogP contribution in [0.25, 0.3) is 5.82 Å². The first-order chi connectivity index (χ1) is 9.72. The molecule has 2 aromatic heterocycles. The lowest BCUT2D eigenvalue weighted by Crippen LogP contribution is -2.00.